The minimum atomic E-state index is -4.71. The first-order chi connectivity index (χ1) is 11.2. The number of nitrogens with one attached hydrogen (secondary N) is 1. The van der Waals surface area contributed by atoms with Gasteiger partial charge in [-0.2, -0.15) is 0 Å². The maximum Gasteiger partial charge on any atom is 0.573 e. The molecule has 0 aliphatic rings. The third-order valence-electron chi connectivity index (χ3n) is 2.66. The smallest absolute Gasteiger partial charge is 0.406 e. The predicted molar refractivity (Wildman–Crippen MR) is 86.1 cm³/mol. The second-order valence-corrected chi connectivity index (χ2v) is 7.20. The molecule has 0 fully saturated rings. The number of carbonyl (C=O) groups is 1. The molecule has 1 N–H and O–H groups in total. The molecule has 130 valence electrons. The van der Waals surface area contributed by atoms with Crippen molar-refractivity contribution in [2.24, 2.45) is 5.92 Å². The van der Waals surface area contributed by atoms with Crippen LogP contribution in [0.15, 0.2) is 28.6 Å². The fourth-order valence-corrected chi connectivity index (χ4v) is 3.24. The molecule has 5 nitrogen and oxygen atoms in total. The van der Waals surface area contributed by atoms with Crippen molar-refractivity contribution in [1.82, 2.24) is 10.2 Å². The first kappa shape index (κ1) is 18.5. The summed E-state index contributed by atoms with van der Waals surface area (Å²) < 4.78 is 41.1. The predicted octanol–water partition coefficient (Wildman–Crippen LogP) is 4.32. The summed E-state index contributed by atoms with van der Waals surface area (Å²) in [6.07, 6.45) is -4.71. The van der Waals surface area contributed by atoms with E-state index in [-0.39, 0.29) is 17.6 Å². The van der Waals surface area contributed by atoms with Crippen LogP contribution in [0.2, 0.25) is 0 Å². The van der Waals surface area contributed by atoms with Crippen molar-refractivity contribution in [2.75, 3.05) is 5.32 Å². The van der Waals surface area contributed by atoms with E-state index in [4.69, 9.17) is 0 Å². The van der Waals surface area contributed by atoms with Crippen LogP contribution in [-0.2, 0) is 10.5 Å². The topological polar surface area (TPSA) is 64.1 Å². The number of aromatic nitrogens is 2. The molecule has 0 aliphatic heterocycles. The lowest BCUT2D eigenvalue weighted by Gasteiger charge is -2.09. The Morgan fingerprint density at radius 3 is 2.79 bits per heavy atom. The van der Waals surface area contributed by atoms with Gasteiger partial charge in [-0.15, -0.1) is 23.4 Å². The van der Waals surface area contributed by atoms with E-state index in [9.17, 15) is 18.0 Å². The summed E-state index contributed by atoms with van der Waals surface area (Å²) in [4.78, 5) is 11.6. The maximum absolute atomic E-state index is 12.2. The number of anilines is 1. The highest BCUT2D eigenvalue weighted by Gasteiger charge is 2.31. The highest BCUT2D eigenvalue weighted by atomic mass is 32.2. The zero-order chi connectivity index (χ0) is 17.7. The van der Waals surface area contributed by atoms with Crippen LogP contribution < -0.4 is 10.1 Å². The molecule has 1 aromatic carbocycles. The minimum absolute atomic E-state index is 0.153. The monoisotopic (exact) mass is 377 g/mol. The van der Waals surface area contributed by atoms with E-state index in [1.54, 1.807) is 19.9 Å². The molecule has 0 bridgehead atoms. The SMILES string of the molecule is CC(C)C(=O)Nc1nnc(SCc2cccc(OC(F)(F)F)c2)s1. The fourth-order valence-electron chi connectivity index (χ4n) is 1.55. The summed E-state index contributed by atoms with van der Waals surface area (Å²) >= 11 is 2.52. The second kappa shape index (κ2) is 7.84. The van der Waals surface area contributed by atoms with E-state index in [0.717, 1.165) is 0 Å². The summed E-state index contributed by atoms with van der Waals surface area (Å²) in [5.41, 5.74) is 0.657. The first-order valence-corrected chi connectivity index (χ1v) is 8.65. The van der Waals surface area contributed by atoms with Crippen molar-refractivity contribution in [1.29, 1.82) is 0 Å². The third kappa shape index (κ3) is 6.00. The number of amides is 1. The van der Waals surface area contributed by atoms with Gasteiger partial charge >= 0.3 is 6.36 Å². The van der Waals surface area contributed by atoms with Crippen LogP contribution in [0.5, 0.6) is 5.75 Å². The lowest BCUT2D eigenvalue weighted by atomic mass is 10.2. The van der Waals surface area contributed by atoms with Crippen molar-refractivity contribution >= 4 is 34.1 Å². The van der Waals surface area contributed by atoms with Crippen molar-refractivity contribution in [3.8, 4) is 5.75 Å². The van der Waals surface area contributed by atoms with E-state index in [0.29, 0.717) is 20.8 Å². The summed E-state index contributed by atoms with van der Waals surface area (Å²) in [6.45, 7) is 3.53. The van der Waals surface area contributed by atoms with Crippen molar-refractivity contribution < 1.29 is 22.7 Å². The first-order valence-electron chi connectivity index (χ1n) is 6.85. The van der Waals surface area contributed by atoms with Gasteiger partial charge in [-0.05, 0) is 17.7 Å². The molecule has 1 aromatic heterocycles. The zero-order valence-electron chi connectivity index (χ0n) is 12.8. The third-order valence-corrected chi connectivity index (χ3v) is 4.70. The molecule has 24 heavy (non-hydrogen) atoms. The molecule has 0 unspecified atom stereocenters. The maximum atomic E-state index is 12.2. The largest absolute Gasteiger partial charge is 0.573 e. The average Bonchev–Trinajstić information content (AvgIpc) is 2.91. The molecule has 0 saturated carbocycles. The van der Waals surface area contributed by atoms with Crippen LogP contribution in [0, 0.1) is 5.92 Å². The fraction of sp³-hybridized carbons (Fsp3) is 0.357. The number of hydrogen-bond donors (Lipinski definition) is 1. The number of nitrogens with zero attached hydrogens (tertiary/aromatic N) is 2. The summed E-state index contributed by atoms with van der Waals surface area (Å²) in [6, 6.07) is 5.75. The molecular formula is C14H14F3N3O2S2. The zero-order valence-corrected chi connectivity index (χ0v) is 14.4. The van der Waals surface area contributed by atoms with Crippen LogP contribution in [0.3, 0.4) is 0 Å². The van der Waals surface area contributed by atoms with Gasteiger partial charge in [0.1, 0.15) is 5.75 Å². The van der Waals surface area contributed by atoms with Crippen LogP contribution in [-0.4, -0.2) is 22.5 Å². The molecule has 0 spiro atoms. The van der Waals surface area contributed by atoms with Crippen LogP contribution in [0.1, 0.15) is 19.4 Å². The van der Waals surface area contributed by atoms with Crippen LogP contribution >= 0.6 is 23.1 Å². The molecule has 0 aliphatic carbocycles. The molecule has 2 rings (SSSR count). The van der Waals surface area contributed by atoms with E-state index in [1.165, 1.54) is 41.3 Å². The van der Waals surface area contributed by atoms with Gasteiger partial charge in [-0.3, -0.25) is 4.79 Å². The van der Waals surface area contributed by atoms with Crippen LogP contribution in [0.25, 0.3) is 0 Å². The van der Waals surface area contributed by atoms with E-state index in [1.807, 2.05) is 0 Å². The lowest BCUT2D eigenvalue weighted by Crippen LogP contribution is -2.17. The van der Waals surface area contributed by atoms with Gasteiger partial charge in [0.05, 0.1) is 0 Å². The number of alkyl halides is 3. The lowest BCUT2D eigenvalue weighted by molar-refractivity contribution is -0.274. The number of thioether (sulfide) groups is 1. The van der Waals surface area contributed by atoms with Gasteiger partial charge in [0.25, 0.3) is 0 Å². The number of hydrogen-bond acceptors (Lipinski definition) is 6. The Balaban J connectivity index is 1.93. The summed E-state index contributed by atoms with van der Waals surface area (Å²) in [7, 11) is 0. The second-order valence-electron chi connectivity index (χ2n) is 5.00. The van der Waals surface area contributed by atoms with Crippen molar-refractivity contribution in [2.45, 2.75) is 30.3 Å². The number of rotatable bonds is 6. The average molecular weight is 377 g/mol. The van der Waals surface area contributed by atoms with Crippen LogP contribution in [0.4, 0.5) is 18.3 Å². The van der Waals surface area contributed by atoms with Crippen molar-refractivity contribution in [3.63, 3.8) is 0 Å². The Hall–Kier alpha value is -1.81. The molecule has 1 amide bonds. The Morgan fingerprint density at radius 2 is 2.12 bits per heavy atom. The van der Waals surface area contributed by atoms with Gasteiger partial charge in [-0.25, -0.2) is 0 Å². The number of carbonyl (C=O) groups excluding carboxylic acids is 1. The molecule has 0 atom stereocenters. The van der Waals surface area contributed by atoms with Crippen molar-refractivity contribution in [3.05, 3.63) is 29.8 Å². The molecule has 2 aromatic rings. The quantitative estimate of drug-likeness (QED) is 0.600. The summed E-state index contributed by atoms with van der Waals surface area (Å²) in [5.74, 6) is -0.175. The summed E-state index contributed by atoms with van der Waals surface area (Å²) in [5, 5.41) is 10.8. The van der Waals surface area contributed by atoms with Gasteiger partial charge in [-0.1, -0.05) is 49.1 Å². The molecular weight excluding hydrogens is 363 g/mol. The number of benzene rings is 1. The molecule has 1 heterocycles. The van der Waals surface area contributed by atoms with Gasteiger partial charge < -0.3 is 10.1 Å². The molecule has 0 radical (unpaired) electrons. The standard InChI is InChI=1S/C14H14F3N3O2S2/c1-8(2)11(21)18-12-19-20-13(24-12)23-7-9-4-3-5-10(6-9)22-14(15,16)17/h3-6,8H,7H2,1-2H3,(H,18,19,21). The molecule has 0 saturated heterocycles. The van der Waals surface area contributed by atoms with E-state index in [2.05, 4.69) is 20.3 Å². The van der Waals surface area contributed by atoms with Gasteiger partial charge in [0, 0.05) is 11.7 Å². The molecule has 10 heteroatoms. The Labute approximate surface area is 144 Å². The van der Waals surface area contributed by atoms with Gasteiger partial charge in [0.2, 0.25) is 11.0 Å². The number of ether oxygens (including phenoxy) is 1. The Morgan fingerprint density at radius 1 is 1.38 bits per heavy atom. The minimum Gasteiger partial charge on any atom is -0.406 e. The highest BCUT2D eigenvalue weighted by Crippen LogP contribution is 2.30. The van der Waals surface area contributed by atoms with Gasteiger partial charge in [0.15, 0.2) is 4.34 Å². The van der Waals surface area contributed by atoms with E-state index >= 15 is 0 Å². The highest BCUT2D eigenvalue weighted by molar-refractivity contribution is 8.00. The Bertz CT molecular complexity index is 705. The normalized spacial score (nSPS) is 11.6. The Kier molecular flexibility index (Phi) is 6.05. The van der Waals surface area contributed by atoms with E-state index < -0.39 is 6.36 Å². The number of halogens is 3.